The first-order valence-electron chi connectivity index (χ1n) is 6.30. The molecule has 0 bridgehead atoms. The van der Waals surface area contributed by atoms with Gasteiger partial charge in [-0.15, -0.1) is 11.3 Å². The highest BCUT2D eigenvalue weighted by atomic mass is 79.9. The number of nitrogens with one attached hydrogen (secondary N) is 1. The molecule has 1 aromatic carbocycles. The molecule has 3 rings (SSSR count). The Morgan fingerprint density at radius 1 is 1.32 bits per heavy atom. The standard InChI is InChI=1S/C15H10BrNOS4/c1-8-2-4-9(5-3-8)20-14-11(16)6-10(21-14)7-12-13(18)17-15(19)22-12/h2-7H,1H3,(H,17,18,19)/b12-7-. The van der Waals surface area contributed by atoms with Gasteiger partial charge >= 0.3 is 0 Å². The lowest BCUT2D eigenvalue weighted by atomic mass is 10.2. The van der Waals surface area contributed by atoms with Crippen LogP contribution in [-0.2, 0) is 4.79 Å². The van der Waals surface area contributed by atoms with E-state index in [1.54, 1.807) is 23.1 Å². The molecular weight excluding hydrogens is 418 g/mol. The second-order valence-corrected chi connectivity index (χ2v) is 9.55. The predicted molar refractivity (Wildman–Crippen MR) is 104 cm³/mol. The van der Waals surface area contributed by atoms with Crippen molar-refractivity contribution in [3.63, 3.8) is 0 Å². The monoisotopic (exact) mass is 427 g/mol. The normalized spacial score (nSPS) is 16.4. The summed E-state index contributed by atoms with van der Waals surface area (Å²) < 4.78 is 2.73. The van der Waals surface area contributed by atoms with E-state index in [2.05, 4.69) is 52.4 Å². The third-order valence-corrected chi connectivity index (χ3v) is 7.42. The molecule has 1 amide bonds. The molecule has 1 aromatic heterocycles. The van der Waals surface area contributed by atoms with Crippen LogP contribution in [0.2, 0.25) is 0 Å². The van der Waals surface area contributed by atoms with Crippen LogP contribution in [0.3, 0.4) is 0 Å². The molecule has 112 valence electrons. The Balaban J connectivity index is 1.82. The molecule has 0 spiro atoms. The van der Waals surface area contributed by atoms with Gasteiger partial charge in [-0.1, -0.05) is 53.4 Å². The molecule has 0 unspecified atom stereocenters. The van der Waals surface area contributed by atoms with E-state index in [9.17, 15) is 4.79 Å². The van der Waals surface area contributed by atoms with Gasteiger partial charge in [0.2, 0.25) is 0 Å². The first kappa shape index (κ1) is 16.3. The van der Waals surface area contributed by atoms with Crippen molar-refractivity contribution in [2.24, 2.45) is 0 Å². The largest absolute Gasteiger partial charge is 0.307 e. The number of amides is 1. The van der Waals surface area contributed by atoms with Crippen LogP contribution in [0.1, 0.15) is 10.4 Å². The number of rotatable bonds is 3. The number of benzene rings is 1. The molecule has 1 saturated heterocycles. The molecule has 1 fully saturated rings. The van der Waals surface area contributed by atoms with Crippen molar-refractivity contribution in [2.75, 3.05) is 0 Å². The first-order chi connectivity index (χ1) is 10.5. The molecule has 2 nitrogen and oxygen atoms in total. The zero-order chi connectivity index (χ0) is 15.7. The van der Waals surface area contributed by atoms with Gasteiger partial charge in [0.05, 0.1) is 9.11 Å². The zero-order valence-electron chi connectivity index (χ0n) is 11.4. The van der Waals surface area contributed by atoms with Gasteiger partial charge in [0.1, 0.15) is 4.32 Å². The Bertz CT molecular complexity index is 779. The Labute approximate surface area is 154 Å². The molecule has 2 aromatic rings. The Hall–Kier alpha value is -0.600. The minimum atomic E-state index is -0.118. The number of thioether (sulfide) groups is 1. The lowest BCUT2D eigenvalue weighted by Gasteiger charge is -1.99. The van der Waals surface area contributed by atoms with Gasteiger partial charge in [0.15, 0.2) is 0 Å². The maximum absolute atomic E-state index is 11.7. The molecule has 2 heterocycles. The molecular formula is C15H10BrNOS4. The SMILES string of the molecule is Cc1ccc(Sc2sc(/C=C3\SC(=S)NC3=O)cc2Br)cc1. The fourth-order valence-corrected chi connectivity index (χ4v) is 5.88. The van der Waals surface area contributed by atoms with Gasteiger partial charge in [-0.3, -0.25) is 4.79 Å². The average Bonchev–Trinajstić information content (AvgIpc) is 2.96. The van der Waals surface area contributed by atoms with Crippen LogP contribution in [0.5, 0.6) is 0 Å². The highest BCUT2D eigenvalue weighted by Gasteiger charge is 2.22. The van der Waals surface area contributed by atoms with Crippen molar-refractivity contribution in [1.82, 2.24) is 5.32 Å². The number of thiocarbonyl (C=S) groups is 1. The van der Waals surface area contributed by atoms with Crippen LogP contribution in [0.15, 0.2) is 48.8 Å². The number of aryl methyl sites for hydroxylation is 1. The summed E-state index contributed by atoms with van der Waals surface area (Å²) >= 11 is 13.3. The predicted octanol–water partition coefficient (Wildman–Crippen LogP) is 5.46. The number of hydrogen-bond donors (Lipinski definition) is 1. The fourth-order valence-electron chi connectivity index (χ4n) is 1.77. The molecule has 22 heavy (non-hydrogen) atoms. The van der Waals surface area contributed by atoms with Crippen LogP contribution in [0.25, 0.3) is 6.08 Å². The Morgan fingerprint density at radius 2 is 2.05 bits per heavy atom. The van der Waals surface area contributed by atoms with Crippen molar-refractivity contribution in [3.05, 3.63) is 50.2 Å². The van der Waals surface area contributed by atoms with E-state index in [0.717, 1.165) is 9.35 Å². The molecule has 0 aliphatic carbocycles. The number of hydrogen-bond acceptors (Lipinski definition) is 5. The van der Waals surface area contributed by atoms with Gasteiger partial charge in [-0.05, 0) is 47.1 Å². The smallest absolute Gasteiger partial charge is 0.263 e. The van der Waals surface area contributed by atoms with Crippen molar-refractivity contribution in [2.45, 2.75) is 16.0 Å². The van der Waals surface area contributed by atoms with Crippen molar-refractivity contribution in [3.8, 4) is 0 Å². The highest BCUT2D eigenvalue weighted by Crippen LogP contribution is 2.41. The van der Waals surface area contributed by atoms with Crippen molar-refractivity contribution >= 4 is 79.3 Å². The molecule has 0 saturated carbocycles. The second kappa shape index (κ2) is 6.88. The van der Waals surface area contributed by atoms with E-state index in [-0.39, 0.29) is 5.91 Å². The third kappa shape index (κ3) is 3.83. The summed E-state index contributed by atoms with van der Waals surface area (Å²) in [5.41, 5.74) is 1.25. The van der Waals surface area contributed by atoms with Crippen LogP contribution < -0.4 is 5.32 Å². The lowest BCUT2D eigenvalue weighted by Crippen LogP contribution is -2.17. The second-order valence-electron chi connectivity index (χ2n) is 4.55. The number of carbonyl (C=O) groups excluding carboxylic acids is 1. The maximum atomic E-state index is 11.7. The quantitative estimate of drug-likeness (QED) is 0.519. The van der Waals surface area contributed by atoms with E-state index >= 15 is 0 Å². The van der Waals surface area contributed by atoms with E-state index in [1.165, 1.54) is 26.4 Å². The summed E-state index contributed by atoms with van der Waals surface area (Å²) in [6.07, 6.45) is 1.88. The summed E-state index contributed by atoms with van der Waals surface area (Å²) in [6, 6.07) is 10.5. The Morgan fingerprint density at radius 3 is 2.68 bits per heavy atom. The molecule has 0 atom stereocenters. The van der Waals surface area contributed by atoms with Crippen molar-refractivity contribution in [1.29, 1.82) is 0 Å². The molecule has 1 aliphatic heterocycles. The Kier molecular flexibility index (Phi) is 5.09. The summed E-state index contributed by atoms with van der Waals surface area (Å²) in [5, 5.41) is 2.63. The van der Waals surface area contributed by atoms with Gasteiger partial charge < -0.3 is 5.32 Å². The van der Waals surface area contributed by atoms with Gasteiger partial charge in [-0.25, -0.2) is 0 Å². The van der Waals surface area contributed by atoms with E-state index in [4.69, 9.17) is 12.2 Å². The molecule has 1 aliphatic rings. The molecule has 0 radical (unpaired) electrons. The molecule has 7 heteroatoms. The number of carbonyl (C=O) groups is 1. The topological polar surface area (TPSA) is 29.1 Å². The van der Waals surface area contributed by atoms with E-state index in [1.807, 2.05) is 12.1 Å². The lowest BCUT2D eigenvalue weighted by molar-refractivity contribution is -0.115. The number of thiophene rings is 1. The van der Waals surface area contributed by atoms with Crippen LogP contribution in [0.4, 0.5) is 0 Å². The van der Waals surface area contributed by atoms with E-state index < -0.39 is 0 Å². The number of halogens is 1. The minimum Gasteiger partial charge on any atom is -0.307 e. The summed E-state index contributed by atoms with van der Waals surface area (Å²) in [6.45, 7) is 2.08. The van der Waals surface area contributed by atoms with E-state index in [0.29, 0.717) is 9.23 Å². The van der Waals surface area contributed by atoms with Crippen LogP contribution in [0, 0.1) is 6.92 Å². The summed E-state index contributed by atoms with van der Waals surface area (Å²) in [5.74, 6) is -0.118. The van der Waals surface area contributed by atoms with Crippen molar-refractivity contribution < 1.29 is 4.79 Å². The summed E-state index contributed by atoms with van der Waals surface area (Å²) in [4.78, 5) is 14.6. The molecule has 1 N–H and O–H groups in total. The first-order valence-corrected chi connectivity index (χ1v) is 9.95. The summed E-state index contributed by atoms with van der Waals surface area (Å²) in [7, 11) is 0. The van der Waals surface area contributed by atoms with Crippen LogP contribution in [-0.4, -0.2) is 10.2 Å². The average molecular weight is 428 g/mol. The third-order valence-electron chi connectivity index (χ3n) is 2.82. The van der Waals surface area contributed by atoms with Gasteiger partial charge in [0, 0.05) is 14.2 Å². The highest BCUT2D eigenvalue weighted by molar-refractivity contribution is 9.10. The minimum absolute atomic E-state index is 0.118. The maximum Gasteiger partial charge on any atom is 0.263 e. The fraction of sp³-hybridized carbons (Fsp3) is 0.0667. The van der Waals surface area contributed by atoms with Gasteiger partial charge in [0.25, 0.3) is 5.91 Å². The van der Waals surface area contributed by atoms with Crippen LogP contribution >= 0.6 is 63.0 Å². The van der Waals surface area contributed by atoms with Gasteiger partial charge in [-0.2, -0.15) is 0 Å². The zero-order valence-corrected chi connectivity index (χ0v) is 16.2.